The van der Waals surface area contributed by atoms with Crippen LogP contribution in [0.4, 0.5) is 14.9 Å². The number of nitrogens with zero attached hydrogens (tertiary/aromatic N) is 5. The summed E-state index contributed by atoms with van der Waals surface area (Å²) in [6, 6.07) is 7.61. The highest BCUT2D eigenvalue weighted by Crippen LogP contribution is 2.27. The maximum Gasteiger partial charge on any atom is 0.319 e. The minimum Gasteiger partial charge on any atom is -0.487 e. The number of urea groups is 1. The minimum atomic E-state index is -0.564. The second kappa shape index (κ2) is 9.57. The maximum atomic E-state index is 13.1. The van der Waals surface area contributed by atoms with Gasteiger partial charge in [0.25, 0.3) is 0 Å². The van der Waals surface area contributed by atoms with Gasteiger partial charge in [-0.05, 0) is 30.3 Å². The third-order valence-corrected chi connectivity index (χ3v) is 4.29. The molecule has 0 radical (unpaired) electrons. The van der Waals surface area contributed by atoms with Crippen molar-refractivity contribution in [1.82, 2.24) is 25.5 Å². The maximum absolute atomic E-state index is 13.1. The lowest BCUT2D eigenvalue weighted by Gasteiger charge is -2.13. The normalized spacial score (nSPS) is 15.0. The van der Waals surface area contributed by atoms with Crippen molar-refractivity contribution in [2.45, 2.75) is 12.5 Å². The van der Waals surface area contributed by atoms with Gasteiger partial charge in [0.1, 0.15) is 18.1 Å². The first-order chi connectivity index (χ1) is 15.2. The Kier molecular flexibility index (Phi) is 6.21. The van der Waals surface area contributed by atoms with Crippen molar-refractivity contribution in [3.8, 4) is 17.0 Å². The molecule has 4 heterocycles. The summed E-state index contributed by atoms with van der Waals surface area (Å²) in [5, 5.41) is 16.7. The molecule has 11 heteroatoms. The van der Waals surface area contributed by atoms with Crippen LogP contribution in [0, 0.1) is 5.95 Å². The summed E-state index contributed by atoms with van der Waals surface area (Å²) in [5.74, 6) is -0.0395. The molecule has 0 aromatic carbocycles. The monoisotopic (exact) mass is 423 g/mol. The smallest absolute Gasteiger partial charge is 0.319 e. The predicted molar refractivity (Wildman–Crippen MR) is 109 cm³/mol. The highest BCUT2D eigenvalue weighted by Gasteiger charge is 2.23. The fraction of sp³-hybridized carbons (Fsp3) is 0.200. The summed E-state index contributed by atoms with van der Waals surface area (Å²) >= 11 is 0. The first kappa shape index (κ1) is 20.1. The van der Waals surface area contributed by atoms with E-state index in [0.29, 0.717) is 34.8 Å². The van der Waals surface area contributed by atoms with E-state index in [4.69, 9.17) is 9.57 Å². The van der Waals surface area contributed by atoms with E-state index in [2.05, 4.69) is 36.0 Å². The Bertz CT molecular complexity index is 1060. The molecule has 1 atom stereocenters. The summed E-state index contributed by atoms with van der Waals surface area (Å²) in [6.07, 6.45) is 6.15. The van der Waals surface area contributed by atoms with E-state index in [1.807, 2.05) is 0 Å². The number of pyridine rings is 2. The Morgan fingerprint density at radius 1 is 1.16 bits per heavy atom. The predicted octanol–water partition coefficient (Wildman–Crippen LogP) is 2.42. The number of hydrogen-bond donors (Lipinski definition) is 2. The van der Waals surface area contributed by atoms with Crippen molar-refractivity contribution in [2.75, 3.05) is 18.5 Å². The molecule has 2 N–H and O–H groups in total. The van der Waals surface area contributed by atoms with Gasteiger partial charge in [-0.3, -0.25) is 4.98 Å². The van der Waals surface area contributed by atoms with Crippen LogP contribution >= 0.6 is 0 Å². The van der Waals surface area contributed by atoms with E-state index in [1.54, 1.807) is 30.5 Å². The van der Waals surface area contributed by atoms with Gasteiger partial charge in [-0.15, -0.1) is 0 Å². The number of aromatic nitrogens is 4. The van der Waals surface area contributed by atoms with Gasteiger partial charge < -0.3 is 20.2 Å². The van der Waals surface area contributed by atoms with Crippen LogP contribution in [0.1, 0.15) is 6.42 Å². The van der Waals surface area contributed by atoms with Crippen molar-refractivity contribution in [3.63, 3.8) is 0 Å². The average Bonchev–Trinajstić information content (AvgIpc) is 3.26. The van der Waals surface area contributed by atoms with Crippen LogP contribution in [0.25, 0.3) is 11.3 Å². The van der Waals surface area contributed by atoms with Gasteiger partial charge in [0.05, 0.1) is 30.3 Å². The number of oxime groups is 1. The summed E-state index contributed by atoms with van der Waals surface area (Å²) < 4.78 is 19.0. The van der Waals surface area contributed by atoms with Gasteiger partial charge in [0.2, 0.25) is 5.95 Å². The van der Waals surface area contributed by atoms with E-state index in [9.17, 15) is 9.18 Å². The second-order valence-corrected chi connectivity index (χ2v) is 6.56. The molecule has 0 saturated heterocycles. The Morgan fingerprint density at radius 2 is 2.10 bits per heavy atom. The topological polar surface area (TPSA) is 124 Å². The second-order valence-electron chi connectivity index (χ2n) is 6.56. The summed E-state index contributed by atoms with van der Waals surface area (Å²) in [7, 11) is 0. The fourth-order valence-electron chi connectivity index (χ4n) is 2.82. The largest absolute Gasteiger partial charge is 0.487 e. The number of carbonyl (C=O) groups excluding carboxylic acids is 1. The molecule has 0 fully saturated rings. The molecule has 0 spiro atoms. The number of ether oxygens (including phenoxy) is 1. The van der Waals surface area contributed by atoms with E-state index in [0.717, 1.165) is 0 Å². The summed E-state index contributed by atoms with van der Waals surface area (Å²) in [4.78, 5) is 25.3. The Hall–Kier alpha value is -4.15. The zero-order valence-electron chi connectivity index (χ0n) is 16.2. The first-order valence-corrected chi connectivity index (χ1v) is 9.40. The molecule has 0 bridgehead atoms. The fourth-order valence-corrected chi connectivity index (χ4v) is 2.82. The Balaban J connectivity index is 1.25. The molecule has 10 nitrogen and oxygen atoms in total. The van der Waals surface area contributed by atoms with Gasteiger partial charge in [0, 0.05) is 24.4 Å². The van der Waals surface area contributed by atoms with E-state index >= 15 is 0 Å². The summed E-state index contributed by atoms with van der Waals surface area (Å²) in [5.41, 5.74) is 2.41. The number of nitrogens with one attached hydrogen (secondary N) is 2. The lowest BCUT2D eigenvalue weighted by molar-refractivity contribution is 0.0471. The lowest BCUT2D eigenvalue weighted by Crippen LogP contribution is -2.33. The number of hydrogen-bond acceptors (Lipinski definition) is 8. The average molecular weight is 423 g/mol. The molecular formula is C20H18FN7O3. The van der Waals surface area contributed by atoms with Crippen LogP contribution in [-0.4, -0.2) is 51.2 Å². The van der Waals surface area contributed by atoms with E-state index in [1.165, 1.54) is 24.7 Å². The standard InChI is InChI=1S/C20H18FN7O3/c21-18-4-3-13(9-23-18)19-17(2-1-6-22-19)30-12-16-8-15(28-31-16)10-24-20(29)27-14-5-7-25-26-11-14/h1-7,9,11,16H,8,10,12H2,(H2,24,25,27,29). The lowest BCUT2D eigenvalue weighted by atomic mass is 10.1. The Labute approximate surface area is 176 Å². The van der Waals surface area contributed by atoms with Gasteiger partial charge in [-0.1, -0.05) is 5.16 Å². The van der Waals surface area contributed by atoms with Gasteiger partial charge in [-0.2, -0.15) is 14.6 Å². The number of halogens is 1. The SMILES string of the molecule is O=C(NCC1=NOC(COc2cccnc2-c2ccc(F)nc2)C1)Nc1ccnnc1. The minimum absolute atomic E-state index is 0.231. The van der Waals surface area contributed by atoms with Crippen molar-refractivity contribution in [1.29, 1.82) is 0 Å². The highest BCUT2D eigenvalue weighted by atomic mass is 19.1. The van der Waals surface area contributed by atoms with E-state index in [-0.39, 0.29) is 25.3 Å². The molecule has 0 aliphatic carbocycles. The molecule has 1 aliphatic rings. The molecule has 3 aromatic rings. The van der Waals surface area contributed by atoms with Gasteiger partial charge in [-0.25, -0.2) is 9.78 Å². The van der Waals surface area contributed by atoms with Gasteiger partial charge in [0.15, 0.2) is 6.10 Å². The van der Waals surface area contributed by atoms with Crippen molar-refractivity contribution >= 4 is 17.4 Å². The van der Waals surface area contributed by atoms with Crippen LogP contribution in [0.15, 0.2) is 60.3 Å². The molecule has 158 valence electrons. The zero-order valence-corrected chi connectivity index (χ0v) is 16.2. The van der Waals surface area contributed by atoms with Crippen LogP contribution in [0.5, 0.6) is 5.75 Å². The highest BCUT2D eigenvalue weighted by molar-refractivity contribution is 5.94. The zero-order chi connectivity index (χ0) is 21.5. The van der Waals surface area contributed by atoms with Gasteiger partial charge >= 0.3 is 6.03 Å². The van der Waals surface area contributed by atoms with E-state index < -0.39 is 5.95 Å². The molecule has 1 unspecified atom stereocenters. The number of carbonyl (C=O) groups is 1. The number of anilines is 1. The molecule has 3 aromatic heterocycles. The molecule has 1 aliphatic heterocycles. The molecular weight excluding hydrogens is 405 g/mol. The molecule has 0 saturated carbocycles. The van der Waals surface area contributed by atoms with Crippen molar-refractivity contribution < 1.29 is 18.8 Å². The Morgan fingerprint density at radius 3 is 2.90 bits per heavy atom. The van der Waals surface area contributed by atoms with Crippen LogP contribution in [-0.2, 0) is 4.84 Å². The third kappa shape index (κ3) is 5.47. The number of amides is 2. The van der Waals surface area contributed by atoms with Crippen LogP contribution in [0.2, 0.25) is 0 Å². The third-order valence-electron chi connectivity index (χ3n) is 4.29. The molecule has 4 rings (SSSR count). The first-order valence-electron chi connectivity index (χ1n) is 9.40. The van der Waals surface area contributed by atoms with Crippen molar-refractivity contribution in [2.24, 2.45) is 5.16 Å². The quantitative estimate of drug-likeness (QED) is 0.559. The summed E-state index contributed by atoms with van der Waals surface area (Å²) in [6.45, 7) is 0.468. The van der Waals surface area contributed by atoms with Crippen molar-refractivity contribution in [3.05, 3.63) is 61.1 Å². The van der Waals surface area contributed by atoms with Crippen LogP contribution in [0.3, 0.4) is 0 Å². The number of rotatable bonds is 7. The molecule has 2 amide bonds. The van der Waals surface area contributed by atoms with Crippen LogP contribution < -0.4 is 15.4 Å². The molecule has 31 heavy (non-hydrogen) atoms.